The molecule has 1 saturated heterocycles. The molecule has 0 amide bonds. The van der Waals surface area contributed by atoms with Crippen LogP contribution in [0.5, 0.6) is 5.75 Å². The third-order valence-corrected chi connectivity index (χ3v) is 4.78. The van der Waals surface area contributed by atoms with E-state index in [-0.39, 0.29) is 6.10 Å². The Morgan fingerprint density at radius 2 is 2.00 bits per heavy atom. The Hall–Kier alpha value is -2.33. The molecule has 0 N–H and O–H groups in total. The number of nitrogens with zero attached hydrogens (tertiary/aromatic N) is 2. The van der Waals surface area contributed by atoms with Gasteiger partial charge >= 0.3 is 0 Å². The molecule has 1 fully saturated rings. The van der Waals surface area contributed by atoms with E-state index in [1.807, 2.05) is 24.3 Å². The van der Waals surface area contributed by atoms with Crippen LogP contribution in [-0.4, -0.2) is 22.8 Å². The van der Waals surface area contributed by atoms with E-state index in [2.05, 4.69) is 35.8 Å². The van der Waals surface area contributed by atoms with Crippen molar-refractivity contribution in [1.29, 1.82) is 0 Å². The highest BCUT2D eigenvalue weighted by molar-refractivity contribution is 5.76. The van der Waals surface area contributed by atoms with Crippen LogP contribution in [0.25, 0.3) is 11.0 Å². The molecule has 4 heteroatoms. The summed E-state index contributed by atoms with van der Waals surface area (Å²) in [6, 6.07) is 16.5. The van der Waals surface area contributed by atoms with Crippen LogP contribution in [-0.2, 0) is 11.3 Å². The zero-order valence-corrected chi connectivity index (χ0v) is 14.6. The van der Waals surface area contributed by atoms with Gasteiger partial charge < -0.3 is 14.0 Å². The molecule has 1 aromatic heterocycles. The third kappa shape index (κ3) is 3.40. The molecule has 2 aromatic carbocycles. The monoisotopic (exact) mass is 336 g/mol. The first-order chi connectivity index (χ1) is 12.3. The second-order valence-corrected chi connectivity index (χ2v) is 6.58. The quantitative estimate of drug-likeness (QED) is 0.614. The number of aromatic nitrogens is 2. The molecule has 0 spiro atoms. The van der Waals surface area contributed by atoms with E-state index >= 15 is 0 Å². The zero-order valence-electron chi connectivity index (χ0n) is 14.6. The van der Waals surface area contributed by atoms with E-state index in [4.69, 9.17) is 14.5 Å². The summed E-state index contributed by atoms with van der Waals surface area (Å²) in [7, 11) is 0. The van der Waals surface area contributed by atoms with Crippen molar-refractivity contribution in [3.63, 3.8) is 0 Å². The van der Waals surface area contributed by atoms with Crippen LogP contribution in [0.3, 0.4) is 0 Å². The highest BCUT2D eigenvalue weighted by Crippen LogP contribution is 2.30. The number of benzene rings is 2. The number of fused-ring (bicyclic) bond motifs is 1. The fourth-order valence-electron chi connectivity index (χ4n) is 3.48. The molecule has 130 valence electrons. The lowest BCUT2D eigenvalue weighted by atomic mass is 10.2. The largest absolute Gasteiger partial charge is 0.493 e. The molecule has 2 heterocycles. The second-order valence-electron chi connectivity index (χ2n) is 6.58. The number of hydrogen-bond acceptors (Lipinski definition) is 3. The van der Waals surface area contributed by atoms with E-state index in [1.54, 1.807) is 0 Å². The van der Waals surface area contributed by atoms with Crippen LogP contribution in [0.2, 0.25) is 0 Å². The molecule has 3 aromatic rings. The standard InChI is InChI=1S/C21H24N2O2/c1-16-8-2-5-11-19(16)24-15-7-13-23-18-10-4-3-9-17(18)22-21(23)20-12-6-14-25-20/h2-5,8-11,20H,6-7,12-15H2,1H3/t20-/m1/s1. The topological polar surface area (TPSA) is 36.3 Å². The van der Waals surface area contributed by atoms with Gasteiger partial charge in [-0.05, 0) is 49.9 Å². The molecular formula is C21H24N2O2. The minimum Gasteiger partial charge on any atom is -0.493 e. The first-order valence-electron chi connectivity index (χ1n) is 9.08. The lowest BCUT2D eigenvalue weighted by Gasteiger charge is -2.14. The number of rotatable bonds is 6. The maximum Gasteiger partial charge on any atom is 0.139 e. The van der Waals surface area contributed by atoms with Crippen LogP contribution in [0.4, 0.5) is 0 Å². The summed E-state index contributed by atoms with van der Waals surface area (Å²) in [4.78, 5) is 4.84. The molecular weight excluding hydrogens is 312 g/mol. The number of para-hydroxylation sites is 3. The van der Waals surface area contributed by atoms with Crippen molar-refractivity contribution < 1.29 is 9.47 Å². The smallest absolute Gasteiger partial charge is 0.139 e. The van der Waals surface area contributed by atoms with Gasteiger partial charge in [0, 0.05) is 13.2 Å². The lowest BCUT2D eigenvalue weighted by Crippen LogP contribution is -2.11. The van der Waals surface area contributed by atoms with Gasteiger partial charge in [0.2, 0.25) is 0 Å². The summed E-state index contributed by atoms with van der Waals surface area (Å²) in [5.41, 5.74) is 3.41. The molecule has 0 saturated carbocycles. The van der Waals surface area contributed by atoms with Gasteiger partial charge in [0.25, 0.3) is 0 Å². The van der Waals surface area contributed by atoms with Gasteiger partial charge in [-0.3, -0.25) is 0 Å². The fourth-order valence-corrected chi connectivity index (χ4v) is 3.48. The molecule has 1 atom stereocenters. The van der Waals surface area contributed by atoms with Gasteiger partial charge in [-0.1, -0.05) is 30.3 Å². The van der Waals surface area contributed by atoms with Crippen molar-refractivity contribution in [2.75, 3.05) is 13.2 Å². The number of imidazole rings is 1. The molecule has 1 aliphatic rings. The van der Waals surface area contributed by atoms with Crippen LogP contribution >= 0.6 is 0 Å². The van der Waals surface area contributed by atoms with Gasteiger partial charge in [0.1, 0.15) is 17.7 Å². The summed E-state index contributed by atoms with van der Waals surface area (Å²) in [5, 5.41) is 0. The number of aryl methyl sites for hydroxylation is 2. The van der Waals surface area contributed by atoms with Crippen LogP contribution in [0.1, 0.15) is 36.8 Å². The highest BCUT2D eigenvalue weighted by Gasteiger charge is 2.24. The second kappa shape index (κ2) is 7.28. The first kappa shape index (κ1) is 16.2. The summed E-state index contributed by atoms with van der Waals surface area (Å²) < 4.78 is 14.1. The minimum absolute atomic E-state index is 0.129. The summed E-state index contributed by atoms with van der Waals surface area (Å²) >= 11 is 0. The molecule has 4 rings (SSSR count). The van der Waals surface area contributed by atoms with E-state index in [0.717, 1.165) is 49.5 Å². The summed E-state index contributed by atoms with van der Waals surface area (Å²) in [5.74, 6) is 2.03. The average Bonchev–Trinajstić information content (AvgIpc) is 3.28. The number of ether oxygens (including phenoxy) is 2. The van der Waals surface area contributed by atoms with E-state index in [0.29, 0.717) is 6.61 Å². The van der Waals surface area contributed by atoms with E-state index < -0.39 is 0 Å². The van der Waals surface area contributed by atoms with Crippen molar-refractivity contribution in [2.45, 2.75) is 38.8 Å². The Kier molecular flexibility index (Phi) is 4.70. The molecule has 1 aliphatic heterocycles. The Labute approximate surface area is 148 Å². The molecule has 0 unspecified atom stereocenters. The van der Waals surface area contributed by atoms with Gasteiger partial charge in [-0.15, -0.1) is 0 Å². The van der Waals surface area contributed by atoms with Gasteiger partial charge in [0.15, 0.2) is 0 Å². The Morgan fingerprint density at radius 3 is 2.84 bits per heavy atom. The number of hydrogen-bond donors (Lipinski definition) is 0. The van der Waals surface area contributed by atoms with Gasteiger partial charge in [-0.25, -0.2) is 4.98 Å². The van der Waals surface area contributed by atoms with Crippen LogP contribution in [0, 0.1) is 6.92 Å². The maximum atomic E-state index is 5.95. The fraction of sp³-hybridized carbons (Fsp3) is 0.381. The SMILES string of the molecule is Cc1ccccc1OCCCn1c([C@H]2CCCO2)nc2ccccc21. The average molecular weight is 336 g/mol. The summed E-state index contributed by atoms with van der Waals surface area (Å²) in [6.07, 6.45) is 3.24. The van der Waals surface area contributed by atoms with Crippen LogP contribution in [0.15, 0.2) is 48.5 Å². The molecule has 0 radical (unpaired) electrons. The summed E-state index contributed by atoms with van der Waals surface area (Å²) in [6.45, 7) is 4.50. The van der Waals surface area contributed by atoms with Crippen molar-refractivity contribution in [2.24, 2.45) is 0 Å². The van der Waals surface area contributed by atoms with Crippen molar-refractivity contribution >= 4 is 11.0 Å². The van der Waals surface area contributed by atoms with Crippen molar-refractivity contribution in [1.82, 2.24) is 9.55 Å². The molecule has 4 nitrogen and oxygen atoms in total. The predicted octanol–water partition coefficient (Wildman–Crippen LogP) is 4.67. The van der Waals surface area contributed by atoms with Gasteiger partial charge in [0.05, 0.1) is 17.6 Å². The lowest BCUT2D eigenvalue weighted by molar-refractivity contribution is 0.102. The molecule has 0 bridgehead atoms. The molecule has 25 heavy (non-hydrogen) atoms. The van der Waals surface area contributed by atoms with Crippen molar-refractivity contribution in [3.05, 3.63) is 59.9 Å². The molecule has 0 aliphatic carbocycles. The van der Waals surface area contributed by atoms with Crippen molar-refractivity contribution in [3.8, 4) is 5.75 Å². The van der Waals surface area contributed by atoms with E-state index in [9.17, 15) is 0 Å². The normalized spacial score (nSPS) is 17.2. The Balaban J connectivity index is 1.48. The Morgan fingerprint density at radius 1 is 1.16 bits per heavy atom. The minimum atomic E-state index is 0.129. The zero-order chi connectivity index (χ0) is 17.1. The van der Waals surface area contributed by atoms with E-state index in [1.165, 1.54) is 11.1 Å². The van der Waals surface area contributed by atoms with Crippen LogP contribution < -0.4 is 4.74 Å². The Bertz CT molecular complexity index is 850. The predicted molar refractivity (Wildman–Crippen MR) is 99.0 cm³/mol. The highest BCUT2D eigenvalue weighted by atomic mass is 16.5. The third-order valence-electron chi connectivity index (χ3n) is 4.78. The first-order valence-corrected chi connectivity index (χ1v) is 9.08. The van der Waals surface area contributed by atoms with Gasteiger partial charge in [-0.2, -0.15) is 0 Å². The maximum absolute atomic E-state index is 5.95.